The molecule has 16 heavy (non-hydrogen) atoms. The van der Waals surface area contributed by atoms with E-state index in [0.29, 0.717) is 0 Å². The smallest absolute Gasteiger partial charge is 0.132 e. The minimum Gasteiger partial charge on any atom is -0.395 e. The fourth-order valence-electron chi connectivity index (χ4n) is 1.55. The Morgan fingerprint density at radius 1 is 1.06 bits per heavy atom. The van der Waals surface area contributed by atoms with Crippen molar-refractivity contribution < 1.29 is 9.90 Å². The van der Waals surface area contributed by atoms with E-state index >= 15 is 0 Å². The van der Waals surface area contributed by atoms with Crippen molar-refractivity contribution in [2.24, 2.45) is 0 Å². The van der Waals surface area contributed by atoms with E-state index in [4.69, 9.17) is 0 Å². The van der Waals surface area contributed by atoms with E-state index in [0.717, 1.165) is 11.8 Å². The summed E-state index contributed by atoms with van der Waals surface area (Å²) in [7, 11) is 0. The van der Waals surface area contributed by atoms with Crippen molar-refractivity contribution in [3.8, 4) is 0 Å². The Balaban J connectivity index is 3.08. The molecule has 1 aromatic rings. The molecule has 0 amide bonds. The van der Waals surface area contributed by atoms with Crippen molar-refractivity contribution in [2.75, 3.05) is 6.61 Å². The largest absolute Gasteiger partial charge is 0.395 e. The summed E-state index contributed by atoms with van der Waals surface area (Å²) in [6.45, 7) is 8.02. The molecule has 88 valence electrons. The maximum absolute atomic E-state index is 11.0. The first-order valence-corrected chi connectivity index (χ1v) is 5.52. The van der Waals surface area contributed by atoms with E-state index in [9.17, 15) is 9.90 Å². The average Bonchev–Trinajstić information content (AvgIpc) is 2.27. The molecule has 0 aliphatic carbocycles. The van der Waals surface area contributed by atoms with Crippen LogP contribution in [0.2, 0.25) is 0 Å². The van der Waals surface area contributed by atoms with Crippen molar-refractivity contribution in [3.05, 3.63) is 35.4 Å². The van der Waals surface area contributed by atoms with Crippen molar-refractivity contribution in [2.45, 2.75) is 38.5 Å². The van der Waals surface area contributed by atoms with Crippen molar-refractivity contribution >= 4 is 6.29 Å². The highest BCUT2D eigenvalue weighted by Gasteiger charge is 2.25. The van der Waals surface area contributed by atoms with Crippen LogP contribution in [0, 0.1) is 0 Å². The lowest BCUT2D eigenvalue weighted by Gasteiger charge is -2.23. The molecule has 0 aliphatic rings. The van der Waals surface area contributed by atoms with Crippen molar-refractivity contribution in [3.63, 3.8) is 0 Å². The molecule has 2 nitrogen and oxygen atoms in total. The second-order valence-electron chi connectivity index (χ2n) is 5.52. The summed E-state index contributed by atoms with van der Waals surface area (Å²) in [5.74, 6) is 0. The monoisotopic (exact) mass is 220 g/mol. The van der Waals surface area contributed by atoms with Gasteiger partial charge in [-0.25, -0.2) is 0 Å². The maximum atomic E-state index is 11.0. The average molecular weight is 220 g/mol. The summed E-state index contributed by atoms with van der Waals surface area (Å²) in [6.07, 6.45) is 0.805. The SMILES string of the molecule is CC(C)(C)c1ccc(C(C)(C=O)CO)cc1. The summed E-state index contributed by atoms with van der Waals surface area (Å²) in [4.78, 5) is 11.0. The van der Waals surface area contributed by atoms with Crippen LogP contribution in [0.4, 0.5) is 0 Å². The van der Waals surface area contributed by atoms with Gasteiger partial charge in [-0.15, -0.1) is 0 Å². The van der Waals surface area contributed by atoms with Crippen molar-refractivity contribution in [1.29, 1.82) is 0 Å². The molecular formula is C14H20O2. The van der Waals surface area contributed by atoms with Gasteiger partial charge in [-0.05, 0) is 23.5 Å². The first-order valence-electron chi connectivity index (χ1n) is 5.52. The predicted octanol–water partition coefficient (Wildman–Crippen LogP) is 2.43. The molecule has 0 saturated carbocycles. The maximum Gasteiger partial charge on any atom is 0.132 e. The zero-order valence-corrected chi connectivity index (χ0v) is 10.4. The Labute approximate surface area is 97.3 Å². The van der Waals surface area contributed by atoms with Crippen LogP contribution in [0.3, 0.4) is 0 Å². The van der Waals surface area contributed by atoms with Gasteiger partial charge in [-0.3, -0.25) is 0 Å². The molecule has 0 fully saturated rings. The minimum absolute atomic E-state index is 0.106. The molecule has 0 aromatic heterocycles. The van der Waals surface area contributed by atoms with E-state index < -0.39 is 5.41 Å². The lowest BCUT2D eigenvalue weighted by atomic mass is 9.81. The summed E-state index contributed by atoms with van der Waals surface area (Å²) < 4.78 is 0. The molecule has 2 heteroatoms. The number of hydrogen-bond acceptors (Lipinski definition) is 2. The Morgan fingerprint density at radius 2 is 1.50 bits per heavy atom. The fourth-order valence-corrected chi connectivity index (χ4v) is 1.55. The van der Waals surface area contributed by atoms with Gasteiger partial charge < -0.3 is 9.90 Å². The second-order valence-corrected chi connectivity index (χ2v) is 5.52. The number of benzene rings is 1. The van der Waals surface area contributed by atoms with Crippen LogP contribution in [0.1, 0.15) is 38.8 Å². The molecule has 1 aromatic carbocycles. The molecule has 0 heterocycles. The van der Waals surface area contributed by atoms with Crippen LogP contribution in [0.5, 0.6) is 0 Å². The third-order valence-corrected chi connectivity index (χ3v) is 3.00. The van der Waals surface area contributed by atoms with E-state index in [1.807, 2.05) is 24.3 Å². The van der Waals surface area contributed by atoms with E-state index in [1.165, 1.54) is 5.56 Å². The number of hydrogen-bond donors (Lipinski definition) is 1. The van der Waals surface area contributed by atoms with Gasteiger partial charge in [-0.1, -0.05) is 45.0 Å². The highest BCUT2D eigenvalue weighted by Crippen LogP contribution is 2.26. The van der Waals surface area contributed by atoms with Crippen LogP contribution < -0.4 is 0 Å². The minimum atomic E-state index is -0.781. The van der Waals surface area contributed by atoms with Gasteiger partial charge in [0.15, 0.2) is 0 Å². The fraction of sp³-hybridized carbons (Fsp3) is 0.500. The molecule has 0 saturated heterocycles. The molecule has 1 atom stereocenters. The van der Waals surface area contributed by atoms with Crippen LogP contribution in [-0.4, -0.2) is 18.0 Å². The van der Waals surface area contributed by atoms with Gasteiger partial charge in [0.05, 0.1) is 12.0 Å². The predicted molar refractivity (Wildman–Crippen MR) is 65.6 cm³/mol. The van der Waals surface area contributed by atoms with Crippen LogP contribution in [-0.2, 0) is 15.6 Å². The quantitative estimate of drug-likeness (QED) is 0.794. The Morgan fingerprint density at radius 3 is 1.81 bits per heavy atom. The van der Waals surface area contributed by atoms with E-state index in [1.54, 1.807) is 6.92 Å². The Bertz CT molecular complexity index is 359. The van der Waals surface area contributed by atoms with Gasteiger partial charge in [0.1, 0.15) is 6.29 Å². The summed E-state index contributed by atoms with van der Waals surface area (Å²) in [5, 5.41) is 9.24. The third-order valence-electron chi connectivity index (χ3n) is 3.00. The number of aliphatic hydroxyl groups is 1. The third kappa shape index (κ3) is 2.50. The Kier molecular flexibility index (Phi) is 3.54. The number of aliphatic hydroxyl groups excluding tert-OH is 1. The molecule has 0 radical (unpaired) electrons. The molecule has 0 bridgehead atoms. The summed E-state index contributed by atoms with van der Waals surface area (Å²) in [5.41, 5.74) is 1.41. The lowest BCUT2D eigenvalue weighted by Crippen LogP contribution is -2.28. The summed E-state index contributed by atoms with van der Waals surface area (Å²) in [6, 6.07) is 7.88. The Hall–Kier alpha value is -1.15. The standard InChI is InChI=1S/C14H20O2/c1-13(2,3)11-5-7-12(8-6-11)14(4,9-15)10-16/h5-9,16H,10H2,1-4H3. The number of aldehydes is 1. The van der Waals surface area contributed by atoms with Crippen molar-refractivity contribution in [1.82, 2.24) is 0 Å². The van der Waals surface area contributed by atoms with E-state index in [-0.39, 0.29) is 12.0 Å². The highest BCUT2D eigenvalue weighted by atomic mass is 16.3. The molecule has 1 N–H and O–H groups in total. The second kappa shape index (κ2) is 4.38. The highest BCUT2D eigenvalue weighted by molar-refractivity contribution is 5.68. The van der Waals surface area contributed by atoms with E-state index in [2.05, 4.69) is 20.8 Å². The normalized spacial score (nSPS) is 15.6. The zero-order chi connectivity index (χ0) is 12.4. The lowest BCUT2D eigenvalue weighted by molar-refractivity contribution is -0.113. The molecule has 0 spiro atoms. The molecular weight excluding hydrogens is 200 g/mol. The zero-order valence-electron chi connectivity index (χ0n) is 10.4. The van der Waals surface area contributed by atoms with Gasteiger partial charge in [0.2, 0.25) is 0 Å². The van der Waals surface area contributed by atoms with Gasteiger partial charge >= 0.3 is 0 Å². The molecule has 0 aliphatic heterocycles. The van der Waals surface area contributed by atoms with Crippen LogP contribution in [0.15, 0.2) is 24.3 Å². The number of carbonyl (C=O) groups is 1. The van der Waals surface area contributed by atoms with Crippen LogP contribution in [0.25, 0.3) is 0 Å². The molecule has 1 unspecified atom stereocenters. The number of rotatable bonds is 3. The van der Waals surface area contributed by atoms with Gasteiger partial charge in [-0.2, -0.15) is 0 Å². The number of carbonyl (C=O) groups excluding carboxylic acids is 1. The first kappa shape index (κ1) is 12.9. The summed E-state index contributed by atoms with van der Waals surface area (Å²) >= 11 is 0. The van der Waals surface area contributed by atoms with Gasteiger partial charge in [0.25, 0.3) is 0 Å². The van der Waals surface area contributed by atoms with Crippen LogP contribution >= 0.6 is 0 Å². The first-order chi connectivity index (χ1) is 7.33. The van der Waals surface area contributed by atoms with Gasteiger partial charge in [0, 0.05) is 0 Å². The molecule has 1 rings (SSSR count). The topological polar surface area (TPSA) is 37.3 Å².